The smallest absolute Gasteiger partial charge is 0.163 e. The summed E-state index contributed by atoms with van der Waals surface area (Å²) in [6, 6.07) is 14.2. The van der Waals surface area contributed by atoms with Gasteiger partial charge in [0.25, 0.3) is 0 Å². The van der Waals surface area contributed by atoms with Gasteiger partial charge in [-0.25, -0.2) is 12.8 Å². The minimum atomic E-state index is -3.52. The van der Waals surface area contributed by atoms with Crippen LogP contribution < -0.4 is 10.2 Å². The van der Waals surface area contributed by atoms with Crippen molar-refractivity contribution in [2.75, 3.05) is 31.6 Å². The van der Waals surface area contributed by atoms with E-state index in [9.17, 15) is 8.42 Å². The van der Waals surface area contributed by atoms with E-state index in [1.807, 2.05) is 47.9 Å². The topological polar surface area (TPSA) is 89.4 Å². The molecular weight excluding hydrogens is 481 g/mol. The highest BCUT2D eigenvalue weighted by atomic mass is 32.2. The maximum atomic E-state index is 15.3. The van der Waals surface area contributed by atoms with Crippen molar-refractivity contribution in [3.63, 3.8) is 0 Å². The number of nitrogens with zero attached hydrogens (tertiary/aromatic N) is 4. The van der Waals surface area contributed by atoms with E-state index in [4.69, 9.17) is 4.74 Å². The summed E-state index contributed by atoms with van der Waals surface area (Å²) in [5.74, 6) is -0.383. The number of ether oxygens (including phenoxy) is 1. The van der Waals surface area contributed by atoms with Crippen molar-refractivity contribution in [1.29, 1.82) is 0 Å². The Bertz CT molecular complexity index is 1270. The van der Waals surface area contributed by atoms with Gasteiger partial charge in [0.05, 0.1) is 22.6 Å². The zero-order valence-corrected chi connectivity index (χ0v) is 21.3. The molecule has 36 heavy (non-hydrogen) atoms. The first-order valence-electron chi connectivity index (χ1n) is 12.3. The molecule has 5 atom stereocenters. The first kappa shape index (κ1) is 24.9. The third-order valence-electron chi connectivity index (χ3n) is 7.64. The Morgan fingerprint density at radius 2 is 1.89 bits per heavy atom. The van der Waals surface area contributed by atoms with Gasteiger partial charge in [0, 0.05) is 38.5 Å². The molecule has 0 bridgehead atoms. The summed E-state index contributed by atoms with van der Waals surface area (Å²) >= 11 is 0. The molecule has 0 aliphatic carbocycles. The molecule has 2 aliphatic rings. The van der Waals surface area contributed by atoms with Gasteiger partial charge in [0.2, 0.25) is 0 Å². The lowest BCUT2D eigenvalue weighted by Gasteiger charge is -2.39. The summed E-state index contributed by atoms with van der Waals surface area (Å²) in [5.41, 5.74) is 1.94. The monoisotopic (exact) mass is 513 g/mol. The van der Waals surface area contributed by atoms with Crippen molar-refractivity contribution in [1.82, 2.24) is 20.1 Å². The lowest BCUT2D eigenvalue weighted by atomic mass is 9.99. The molecule has 192 valence electrons. The summed E-state index contributed by atoms with van der Waals surface area (Å²) in [6.07, 6.45) is 4.23. The summed E-state index contributed by atoms with van der Waals surface area (Å²) in [4.78, 5) is 2.11. The molecule has 3 aromatic rings. The molecule has 10 heteroatoms. The number of anilines is 1. The van der Waals surface area contributed by atoms with Crippen LogP contribution in [0.25, 0.3) is 0 Å². The Balaban J connectivity index is 1.32. The van der Waals surface area contributed by atoms with Crippen LogP contribution in [0.3, 0.4) is 0 Å². The highest BCUT2D eigenvalue weighted by Crippen LogP contribution is 2.34. The van der Waals surface area contributed by atoms with Crippen molar-refractivity contribution in [2.45, 2.75) is 48.5 Å². The molecular formula is C26H32FN5O3S. The Hall–Kier alpha value is -2.82. The molecule has 5 rings (SSSR count). The second-order valence-corrected chi connectivity index (χ2v) is 12.0. The second kappa shape index (κ2) is 10.3. The standard InChI is InChI=1S/C26H32FN5O3S/c1-18-25(36(33,34)26(14-28-18)19-6-4-3-5-7-19)12-20-8-9-21(13-22(20)27)31-11-10-23(24(15-31)35-2)32-16-29-30-17-32/h3-9,13,16-18,23-26,28H,10-12,14-15H2,1-2H3/t18-,23+,24-,25?,26-/m0/s1. The van der Waals surface area contributed by atoms with E-state index in [1.165, 1.54) is 6.07 Å². The highest BCUT2D eigenvalue weighted by Gasteiger charge is 2.42. The molecule has 1 unspecified atom stereocenters. The molecule has 2 fully saturated rings. The SMILES string of the molecule is CO[C@H]1CN(c2ccc(CC3[C@H](C)NC[C@@H](c4ccccc4)S3(=O)=O)c(F)c2)CC[C@H]1n1cnnc1. The Morgan fingerprint density at radius 3 is 2.58 bits per heavy atom. The van der Waals surface area contributed by atoms with Gasteiger partial charge in [0.1, 0.15) is 18.5 Å². The number of hydrogen-bond acceptors (Lipinski definition) is 7. The fourth-order valence-corrected chi connectivity index (χ4v) is 7.87. The normalized spacial score (nSPS) is 28.2. The van der Waals surface area contributed by atoms with E-state index in [0.29, 0.717) is 18.7 Å². The Morgan fingerprint density at radius 1 is 1.14 bits per heavy atom. The van der Waals surface area contributed by atoms with E-state index < -0.39 is 20.3 Å². The van der Waals surface area contributed by atoms with Gasteiger partial charge in [-0.15, -0.1) is 10.2 Å². The molecule has 2 saturated heterocycles. The third-order valence-corrected chi connectivity index (χ3v) is 10.3. The van der Waals surface area contributed by atoms with Crippen LogP contribution in [0, 0.1) is 5.82 Å². The third kappa shape index (κ3) is 4.77. The van der Waals surface area contributed by atoms with Gasteiger partial charge >= 0.3 is 0 Å². The van der Waals surface area contributed by atoms with Crippen molar-refractivity contribution >= 4 is 15.5 Å². The first-order chi connectivity index (χ1) is 17.4. The number of sulfone groups is 1. The van der Waals surface area contributed by atoms with Gasteiger partial charge in [-0.05, 0) is 43.0 Å². The summed E-state index contributed by atoms with van der Waals surface area (Å²) in [6.45, 7) is 3.56. The van der Waals surface area contributed by atoms with Crippen molar-refractivity contribution in [3.05, 3.63) is 78.1 Å². The lowest BCUT2D eigenvalue weighted by molar-refractivity contribution is 0.0472. The minimum Gasteiger partial charge on any atom is -0.377 e. The predicted molar refractivity (Wildman–Crippen MR) is 136 cm³/mol. The van der Waals surface area contributed by atoms with Gasteiger partial charge in [-0.2, -0.15) is 0 Å². The van der Waals surface area contributed by atoms with Gasteiger partial charge < -0.3 is 19.5 Å². The van der Waals surface area contributed by atoms with Crippen LogP contribution in [0.15, 0.2) is 61.2 Å². The summed E-state index contributed by atoms with van der Waals surface area (Å²) in [5, 5.41) is 9.77. The van der Waals surface area contributed by atoms with Crippen LogP contribution >= 0.6 is 0 Å². The quantitative estimate of drug-likeness (QED) is 0.542. The maximum Gasteiger partial charge on any atom is 0.163 e. The zero-order chi connectivity index (χ0) is 25.3. The number of halogens is 1. The molecule has 0 spiro atoms. The fourth-order valence-electron chi connectivity index (χ4n) is 5.51. The molecule has 2 aromatic carbocycles. The van der Waals surface area contributed by atoms with Crippen LogP contribution in [0.1, 0.15) is 35.8 Å². The van der Waals surface area contributed by atoms with Gasteiger partial charge in [-0.1, -0.05) is 36.4 Å². The number of piperidine rings is 1. The molecule has 8 nitrogen and oxygen atoms in total. The molecule has 0 saturated carbocycles. The van der Waals surface area contributed by atoms with E-state index in [0.717, 1.165) is 24.2 Å². The molecule has 3 heterocycles. The largest absolute Gasteiger partial charge is 0.377 e. The summed E-state index contributed by atoms with van der Waals surface area (Å²) in [7, 11) is -1.84. The van der Waals surface area contributed by atoms with Crippen LogP contribution in [0.5, 0.6) is 0 Å². The number of hydrogen-bond donors (Lipinski definition) is 1. The lowest BCUT2D eigenvalue weighted by Crippen LogP contribution is -2.53. The highest BCUT2D eigenvalue weighted by molar-refractivity contribution is 7.92. The van der Waals surface area contributed by atoms with E-state index in [-0.39, 0.29) is 30.4 Å². The van der Waals surface area contributed by atoms with Crippen LogP contribution in [-0.2, 0) is 21.0 Å². The van der Waals surface area contributed by atoms with Gasteiger partial charge in [-0.3, -0.25) is 0 Å². The number of rotatable bonds is 6. The first-order valence-corrected chi connectivity index (χ1v) is 13.9. The fraction of sp³-hybridized carbons (Fsp3) is 0.462. The van der Waals surface area contributed by atoms with E-state index in [1.54, 1.807) is 25.8 Å². The van der Waals surface area contributed by atoms with Crippen molar-refractivity contribution in [3.8, 4) is 0 Å². The zero-order valence-electron chi connectivity index (χ0n) is 20.5. The Labute approximate surface area is 211 Å². The number of methoxy groups -OCH3 is 1. The Kier molecular flexibility index (Phi) is 7.09. The van der Waals surface area contributed by atoms with E-state index >= 15 is 4.39 Å². The molecule has 0 amide bonds. The average molecular weight is 514 g/mol. The molecule has 2 aliphatic heterocycles. The molecule has 1 N–H and O–H groups in total. The number of aromatic nitrogens is 3. The average Bonchev–Trinajstić information content (AvgIpc) is 3.42. The van der Waals surface area contributed by atoms with Crippen LogP contribution in [0.4, 0.5) is 10.1 Å². The summed E-state index contributed by atoms with van der Waals surface area (Å²) < 4.78 is 50.1. The predicted octanol–water partition coefficient (Wildman–Crippen LogP) is 2.94. The van der Waals surface area contributed by atoms with Crippen LogP contribution in [0.2, 0.25) is 0 Å². The number of benzene rings is 2. The van der Waals surface area contributed by atoms with E-state index in [2.05, 4.69) is 20.4 Å². The molecule has 1 aromatic heterocycles. The second-order valence-electron chi connectivity index (χ2n) is 9.69. The van der Waals surface area contributed by atoms with Gasteiger partial charge in [0.15, 0.2) is 9.84 Å². The minimum absolute atomic E-state index is 0.0910. The maximum absolute atomic E-state index is 15.3. The number of nitrogens with one attached hydrogen (secondary N) is 1. The van der Waals surface area contributed by atoms with Crippen molar-refractivity contribution in [2.24, 2.45) is 0 Å². The van der Waals surface area contributed by atoms with Crippen LogP contribution in [-0.4, -0.2) is 67.3 Å². The molecule has 0 radical (unpaired) electrons. The van der Waals surface area contributed by atoms with Crippen molar-refractivity contribution < 1.29 is 17.5 Å².